The molecule has 1 amide bonds. The Morgan fingerprint density at radius 2 is 2.06 bits per heavy atom. The minimum atomic E-state index is -2.89. The van der Waals surface area contributed by atoms with Crippen LogP contribution in [-0.4, -0.2) is 36.9 Å². The molecule has 0 spiro atoms. The van der Waals surface area contributed by atoms with Crippen molar-refractivity contribution in [2.75, 3.05) is 11.5 Å². The van der Waals surface area contributed by atoms with Crippen molar-refractivity contribution in [3.8, 4) is 0 Å². The molecule has 18 heavy (non-hydrogen) atoms. The van der Waals surface area contributed by atoms with E-state index in [0.717, 1.165) is 5.56 Å². The molecule has 5 nitrogen and oxygen atoms in total. The Labute approximate surface area is 107 Å². The van der Waals surface area contributed by atoms with Gasteiger partial charge in [0.25, 0.3) is 5.91 Å². The molecule has 1 aromatic rings. The third-order valence-electron chi connectivity index (χ3n) is 3.15. The summed E-state index contributed by atoms with van der Waals surface area (Å²) in [6, 6.07) is 1.62. The highest BCUT2D eigenvalue weighted by molar-refractivity contribution is 7.91. The molecule has 2 rings (SSSR count). The first-order valence-corrected chi connectivity index (χ1v) is 7.72. The number of pyridine rings is 1. The Hall–Kier alpha value is -1.43. The summed E-state index contributed by atoms with van der Waals surface area (Å²) in [7, 11) is -2.89. The van der Waals surface area contributed by atoms with Gasteiger partial charge >= 0.3 is 0 Å². The van der Waals surface area contributed by atoms with Gasteiger partial charge in [0, 0.05) is 24.0 Å². The van der Waals surface area contributed by atoms with Crippen molar-refractivity contribution in [2.24, 2.45) is 0 Å². The van der Waals surface area contributed by atoms with Crippen molar-refractivity contribution >= 4 is 15.7 Å². The Morgan fingerprint density at radius 3 is 2.67 bits per heavy atom. The Kier molecular flexibility index (Phi) is 3.65. The molecule has 1 saturated heterocycles. The average molecular weight is 268 g/mol. The van der Waals surface area contributed by atoms with Gasteiger partial charge in [0.2, 0.25) is 0 Å². The maximum absolute atomic E-state index is 12.0. The molecule has 0 bridgehead atoms. The Bertz CT molecular complexity index is 540. The van der Waals surface area contributed by atoms with Crippen molar-refractivity contribution < 1.29 is 13.2 Å². The largest absolute Gasteiger partial charge is 0.349 e. The number of hydrogen-bond donors (Lipinski definition) is 1. The number of carbonyl (C=O) groups is 1. The van der Waals surface area contributed by atoms with Gasteiger partial charge in [0.05, 0.1) is 11.5 Å². The molecular formula is C12H16N2O3S. The van der Waals surface area contributed by atoms with Crippen molar-refractivity contribution in [3.05, 3.63) is 29.6 Å². The van der Waals surface area contributed by atoms with Crippen LogP contribution in [0, 0.1) is 6.92 Å². The molecule has 1 fully saturated rings. The fourth-order valence-corrected chi connectivity index (χ4v) is 3.52. The summed E-state index contributed by atoms with van der Waals surface area (Å²) in [4.78, 5) is 15.9. The van der Waals surface area contributed by atoms with Gasteiger partial charge in [-0.25, -0.2) is 8.42 Å². The quantitative estimate of drug-likeness (QED) is 0.856. The van der Waals surface area contributed by atoms with Crippen molar-refractivity contribution in [1.82, 2.24) is 10.3 Å². The predicted octanol–water partition coefficient (Wildman–Crippen LogP) is 0.697. The standard InChI is InChI=1S/C12H16N2O3S/c1-9-8-13-5-2-11(9)12(15)14-10-3-6-18(16,17)7-4-10/h2,5,8,10H,3-4,6-7H2,1H3,(H,14,15). The molecule has 1 N–H and O–H groups in total. The molecule has 0 radical (unpaired) electrons. The summed E-state index contributed by atoms with van der Waals surface area (Å²) in [5, 5.41) is 2.88. The molecule has 0 aliphatic carbocycles. The van der Waals surface area contributed by atoms with Crippen LogP contribution in [0.2, 0.25) is 0 Å². The number of aromatic nitrogens is 1. The zero-order chi connectivity index (χ0) is 13.2. The predicted molar refractivity (Wildman–Crippen MR) is 68.1 cm³/mol. The summed E-state index contributed by atoms with van der Waals surface area (Å²) in [5.41, 5.74) is 1.41. The number of carbonyl (C=O) groups excluding carboxylic acids is 1. The maximum atomic E-state index is 12.0. The highest BCUT2D eigenvalue weighted by Gasteiger charge is 2.25. The third kappa shape index (κ3) is 3.07. The molecule has 1 aliphatic heterocycles. The summed E-state index contributed by atoms with van der Waals surface area (Å²) in [6.45, 7) is 1.83. The molecular weight excluding hydrogens is 252 g/mol. The normalized spacial score (nSPS) is 19.4. The van der Waals surface area contributed by atoms with E-state index < -0.39 is 9.84 Å². The van der Waals surface area contributed by atoms with Gasteiger partial charge in [-0.1, -0.05) is 0 Å². The molecule has 6 heteroatoms. The lowest BCUT2D eigenvalue weighted by Crippen LogP contribution is -2.41. The molecule has 0 unspecified atom stereocenters. The van der Waals surface area contributed by atoms with Gasteiger partial charge in [-0.15, -0.1) is 0 Å². The maximum Gasteiger partial charge on any atom is 0.251 e. The molecule has 1 aromatic heterocycles. The van der Waals surface area contributed by atoms with Gasteiger partial charge < -0.3 is 5.32 Å². The van der Waals surface area contributed by atoms with E-state index in [1.807, 2.05) is 6.92 Å². The summed E-state index contributed by atoms with van der Waals surface area (Å²) < 4.78 is 22.6. The number of amides is 1. The van der Waals surface area contributed by atoms with Crippen LogP contribution >= 0.6 is 0 Å². The van der Waals surface area contributed by atoms with Crippen LogP contribution in [0.3, 0.4) is 0 Å². The van der Waals surface area contributed by atoms with E-state index in [4.69, 9.17) is 0 Å². The topological polar surface area (TPSA) is 76.1 Å². The van der Waals surface area contributed by atoms with Gasteiger partial charge in [-0.05, 0) is 31.4 Å². The molecule has 0 saturated carbocycles. The van der Waals surface area contributed by atoms with Crippen molar-refractivity contribution in [1.29, 1.82) is 0 Å². The first-order valence-electron chi connectivity index (χ1n) is 5.90. The van der Waals surface area contributed by atoms with Crippen LogP contribution < -0.4 is 5.32 Å². The van der Waals surface area contributed by atoms with Crippen LogP contribution in [0.15, 0.2) is 18.5 Å². The summed E-state index contributed by atoms with van der Waals surface area (Å²) in [5.74, 6) is 0.166. The third-order valence-corrected chi connectivity index (χ3v) is 4.87. The van der Waals surface area contributed by atoms with Crippen LogP contribution in [0.1, 0.15) is 28.8 Å². The van der Waals surface area contributed by atoms with Gasteiger partial charge in [-0.2, -0.15) is 0 Å². The smallest absolute Gasteiger partial charge is 0.251 e. The average Bonchev–Trinajstić information content (AvgIpc) is 2.32. The fraction of sp³-hybridized carbons (Fsp3) is 0.500. The number of nitrogens with zero attached hydrogens (tertiary/aromatic N) is 1. The second-order valence-corrected chi connectivity index (χ2v) is 6.89. The minimum absolute atomic E-state index is 0.0476. The Balaban J connectivity index is 1.99. The number of nitrogens with one attached hydrogen (secondary N) is 1. The van der Waals surface area contributed by atoms with Crippen LogP contribution in [0.4, 0.5) is 0 Å². The zero-order valence-electron chi connectivity index (χ0n) is 10.2. The van der Waals surface area contributed by atoms with E-state index in [2.05, 4.69) is 10.3 Å². The number of hydrogen-bond acceptors (Lipinski definition) is 4. The highest BCUT2D eigenvalue weighted by atomic mass is 32.2. The molecule has 0 atom stereocenters. The van der Waals surface area contributed by atoms with Gasteiger partial charge in [-0.3, -0.25) is 9.78 Å². The summed E-state index contributed by atoms with van der Waals surface area (Å²) in [6.07, 6.45) is 4.21. The van der Waals surface area contributed by atoms with Crippen molar-refractivity contribution in [3.63, 3.8) is 0 Å². The van der Waals surface area contributed by atoms with E-state index in [9.17, 15) is 13.2 Å². The lowest BCUT2D eigenvalue weighted by Gasteiger charge is -2.23. The van der Waals surface area contributed by atoms with E-state index in [0.29, 0.717) is 18.4 Å². The number of rotatable bonds is 2. The van der Waals surface area contributed by atoms with E-state index in [1.54, 1.807) is 18.5 Å². The second kappa shape index (κ2) is 5.06. The highest BCUT2D eigenvalue weighted by Crippen LogP contribution is 2.13. The van der Waals surface area contributed by atoms with Crippen molar-refractivity contribution in [2.45, 2.75) is 25.8 Å². The van der Waals surface area contributed by atoms with Crippen LogP contribution in [-0.2, 0) is 9.84 Å². The number of aryl methyl sites for hydroxylation is 1. The molecule has 98 valence electrons. The van der Waals surface area contributed by atoms with Gasteiger partial charge in [0.1, 0.15) is 9.84 Å². The summed E-state index contributed by atoms with van der Waals surface area (Å²) >= 11 is 0. The second-order valence-electron chi connectivity index (χ2n) is 4.59. The van der Waals surface area contributed by atoms with Crippen LogP contribution in [0.5, 0.6) is 0 Å². The lowest BCUT2D eigenvalue weighted by molar-refractivity contribution is 0.0933. The fourth-order valence-electron chi connectivity index (χ4n) is 2.03. The van der Waals surface area contributed by atoms with Gasteiger partial charge in [0.15, 0.2) is 0 Å². The first-order chi connectivity index (χ1) is 8.48. The van der Waals surface area contributed by atoms with Crippen LogP contribution in [0.25, 0.3) is 0 Å². The first kappa shape index (κ1) is 13.0. The Morgan fingerprint density at radius 1 is 1.39 bits per heavy atom. The monoisotopic (exact) mass is 268 g/mol. The SMILES string of the molecule is Cc1cnccc1C(=O)NC1CCS(=O)(=O)CC1. The number of sulfone groups is 1. The molecule has 1 aliphatic rings. The lowest BCUT2D eigenvalue weighted by atomic mass is 10.1. The van der Waals surface area contributed by atoms with E-state index in [1.165, 1.54) is 0 Å². The zero-order valence-corrected chi connectivity index (χ0v) is 11.0. The van der Waals surface area contributed by atoms with E-state index in [-0.39, 0.29) is 23.5 Å². The molecule has 0 aromatic carbocycles. The van der Waals surface area contributed by atoms with E-state index >= 15 is 0 Å². The minimum Gasteiger partial charge on any atom is -0.349 e. The molecule has 2 heterocycles.